The zero-order chi connectivity index (χ0) is 19.9. The van der Waals surface area contributed by atoms with Gasteiger partial charge in [-0.05, 0) is 43.2 Å². The summed E-state index contributed by atoms with van der Waals surface area (Å²) in [5.74, 6) is 0.573. The van der Waals surface area contributed by atoms with Gasteiger partial charge in [-0.3, -0.25) is 9.59 Å². The molecule has 3 rings (SSSR count). The van der Waals surface area contributed by atoms with Crippen molar-refractivity contribution < 1.29 is 9.59 Å². The Balaban J connectivity index is 1.39. The number of amides is 2. The lowest BCUT2D eigenvalue weighted by atomic mass is 10.2. The maximum Gasteiger partial charge on any atom is 0.225 e. The van der Waals surface area contributed by atoms with Gasteiger partial charge >= 0.3 is 0 Å². The van der Waals surface area contributed by atoms with Gasteiger partial charge in [-0.15, -0.1) is 0 Å². The molecule has 0 saturated carbocycles. The largest absolute Gasteiger partial charge is 0.368 e. The molecule has 2 amide bonds. The van der Waals surface area contributed by atoms with Crippen molar-refractivity contribution in [2.75, 3.05) is 36.4 Å². The van der Waals surface area contributed by atoms with Crippen LogP contribution in [0.15, 0.2) is 42.6 Å². The van der Waals surface area contributed by atoms with E-state index in [4.69, 9.17) is 11.6 Å². The number of piperazine rings is 1. The Labute approximate surface area is 170 Å². The van der Waals surface area contributed by atoms with Crippen molar-refractivity contribution in [1.29, 1.82) is 0 Å². The Morgan fingerprint density at radius 2 is 1.89 bits per heavy atom. The van der Waals surface area contributed by atoms with Gasteiger partial charge in [0, 0.05) is 55.9 Å². The summed E-state index contributed by atoms with van der Waals surface area (Å²) in [5, 5.41) is 3.52. The lowest BCUT2D eigenvalue weighted by Gasteiger charge is -2.36. The number of rotatable bonds is 6. The van der Waals surface area contributed by atoms with E-state index in [1.807, 2.05) is 48.2 Å². The Kier molecular flexibility index (Phi) is 6.87. The number of aryl methyl sites for hydroxylation is 1. The van der Waals surface area contributed by atoms with Crippen molar-refractivity contribution in [1.82, 2.24) is 9.88 Å². The Morgan fingerprint density at radius 3 is 2.61 bits per heavy atom. The number of hydrogen-bond donors (Lipinski definition) is 1. The lowest BCUT2D eigenvalue weighted by molar-refractivity contribution is -0.131. The third kappa shape index (κ3) is 5.45. The topological polar surface area (TPSA) is 65.5 Å². The minimum Gasteiger partial charge on any atom is -0.368 e. The number of halogens is 1. The normalized spacial score (nSPS) is 14.1. The van der Waals surface area contributed by atoms with Gasteiger partial charge in [-0.1, -0.05) is 23.7 Å². The van der Waals surface area contributed by atoms with Crippen molar-refractivity contribution in [2.45, 2.75) is 26.2 Å². The molecular formula is C21H25ClN4O2. The minimum atomic E-state index is -0.111. The molecule has 148 valence electrons. The fourth-order valence-corrected chi connectivity index (χ4v) is 3.44. The molecule has 0 bridgehead atoms. The standard InChI is InChI=1S/C21H25ClN4O2/c1-16-5-4-10-23-21(16)24-19(27)8-3-9-20(28)26-13-11-25(12-14-26)18-7-2-6-17(22)15-18/h2,4-7,10,15H,3,8-9,11-14H2,1H3,(H,23,24,27). The fourth-order valence-electron chi connectivity index (χ4n) is 3.26. The predicted octanol–water partition coefficient (Wildman–Crippen LogP) is 3.50. The van der Waals surface area contributed by atoms with Gasteiger partial charge in [-0.25, -0.2) is 4.98 Å². The number of aromatic nitrogens is 1. The molecular weight excluding hydrogens is 376 g/mol. The number of carbonyl (C=O) groups is 2. The molecule has 7 heteroatoms. The summed E-state index contributed by atoms with van der Waals surface area (Å²) in [5.41, 5.74) is 2.01. The highest BCUT2D eigenvalue weighted by Crippen LogP contribution is 2.21. The minimum absolute atomic E-state index is 0.104. The molecule has 0 unspecified atom stereocenters. The van der Waals surface area contributed by atoms with Gasteiger partial charge < -0.3 is 15.1 Å². The van der Waals surface area contributed by atoms with Crippen LogP contribution < -0.4 is 10.2 Å². The second-order valence-electron chi connectivity index (χ2n) is 6.92. The van der Waals surface area contributed by atoms with Crippen LogP contribution in [0.4, 0.5) is 11.5 Å². The van der Waals surface area contributed by atoms with Crippen LogP contribution in [0.3, 0.4) is 0 Å². The monoisotopic (exact) mass is 400 g/mol. The average molecular weight is 401 g/mol. The Hall–Kier alpha value is -2.60. The van der Waals surface area contributed by atoms with Gasteiger partial charge in [0.05, 0.1) is 0 Å². The molecule has 6 nitrogen and oxygen atoms in total. The average Bonchev–Trinajstić information content (AvgIpc) is 2.70. The van der Waals surface area contributed by atoms with E-state index >= 15 is 0 Å². The van der Waals surface area contributed by atoms with Crippen molar-refractivity contribution in [2.24, 2.45) is 0 Å². The quantitative estimate of drug-likeness (QED) is 0.805. The summed E-state index contributed by atoms with van der Waals surface area (Å²) in [6, 6.07) is 11.5. The van der Waals surface area contributed by atoms with E-state index in [1.54, 1.807) is 6.20 Å². The summed E-state index contributed by atoms with van der Waals surface area (Å²) in [4.78, 5) is 32.8. The highest BCUT2D eigenvalue weighted by Gasteiger charge is 2.21. The van der Waals surface area contributed by atoms with Crippen LogP contribution in [-0.2, 0) is 9.59 Å². The highest BCUT2D eigenvalue weighted by atomic mass is 35.5. The van der Waals surface area contributed by atoms with Crippen molar-refractivity contribution >= 4 is 34.9 Å². The highest BCUT2D eigenvalue weighted by molar-refractivity contribution is 6.30. The molecule has 1 aliphatic heterocycles. The molecule has 1 fully saturated rings. The van der Waals surface area contributed by atoms with E-state index in [0.29, 0.717) is 38.2 Å². The molecule has 0 aliphatic carbocycles. The molecule has 1 N–H and O–H groups in total. The SMILES string of the molecule is Cc1cccnc1NC(=O)CCCC(=O)N1CCN(c2cccc(Cl)c2)CC1. The number of pyridine rings is 1. The van der Waals surface area contributed by atoms with Crippen LogP contribution >= 0.6 is 11.6 Å². The summed E-state index contributed by atoms with van der Waals surface area (Å²) in [7, 11) is 0. The molecule has 1 aliphatic rings. The Bertz CT molecular complexity index is 835. The second kappa shape index (κ2) is 9.55. The molecule has 0 radical (unpaired) electrons. The number of nitrogens with zero attached hydrogens (tertiary/aromatic N) is 3. The first-order chi connectivity index (χ1) is 13.5. The van der Waals surface area contributed by atoms with Crippen LogP contribution in [0.25, 0.3) is 0 Å². The molecule has 1 saturated heterocycles. The van der Waals surface area contributed by atoms with Crippen LogP contribution in [0, 0.1) is 6.92 Å². The first-order valence-electron chi connectivity index (χ1n) is 9.52. The fraction of sp³-hybridized carbons (Fsp3) is 0.381. The van der Waals surface area contributed by atoms with Crippen LogP contribution in [0.2, 0.25) is 5.02 Å². The molecule has 2 aromatic rings. The lowest BCUT2D eigenvalue weighted by Crippen LogP contribution is -2.48. The van der Waals surface area contributed by atoms with Gasteiger partial charge in [0.15, 0.2) is 0 Å². The second-order valence-corrected chi connectivity index (χ2v) is 7.35. The molecule has 28 heavy (non-hydrogen) atoms. The third-order valence-corrected chi connectivity index (χ3v) is 5.10. The van der Waals surface area contributed by atoms with E-state index < -0.39 is 0 Å². The van der Waals surface area contributed by atoms with Crippen molar-refractivity contribution in [3.8, 4) is 0 Å². The van der Waals surface area contributed by atoms with E-state index in [9.17, 15) is 9.59 Å². The summed E-state index contributed by atoms with van der Waals surface area (Å²) in [6.07, 6.45) is 2.87. The van der Waals surface area contributed by atoms with Crippen LogP contribution in [-0.4, -0.2) is 47.9 Å². The maximum absolute atomic E-state index is 12.4. The maximum atomic E-state index is 12.4. The molecule has 2 heterocycles. The van der Waals surface area contributed by atoms with Gasteiger partial charge in [0.2, 0.25) is 11.8 Å². The Morgan fingerprint density at radius 1 is 1.11 bits per heavy atom. The molecule has 1 aromatic heterocycles. The number of hydrogen-bond acceptors (Lipinski definition) is 4. The van der Waals surface area contributed by atoms with Gasteiger partial charge in [-0.2, -0.15) is 0 Å². The van der Waals surface area contributed by atoms with Crippen LogP contribution in [0.5, 0.6) is 0 Å². The first-order valence-corrected chi connectivity index (χ1v) is 9.90. The first kappa shape index (κ1) is 20.1. The summed E-state index contributed by atoms with van der Waals surface area (Å²) >= 11 is 6.06. The van der Waals surface area contributed by atoms with Gasteiger partial charge in [0.1, 0.15) is 5.82 Å². The van der Waals surface area contributed by atoms with Crippen molar-refractivity contribution in [3.05, 3.63) is 53.2 Å². The molecule has 0 atom stereocenters. The number of benzene rings is 1. The van der Waals surface area contributed by atoms with E-state index in [-0.39, 0.29) is 11.8 Å². The zero-order valence-corrected chi connectivity index (χ0v) is 16.8. The van der Waals surface area contributed by atoms with Crippen molar-refractivity contribution in [3.63, 3.8) is 0 Å². The number of carbonyl (C=O) groups excluding carboxylic acids is 2. The van der Waals surface area contributed by atoms with E-state index in [2.05, 4.69) is 15.2 Å². The number of nitrogens with one attached hydrogen (secondary N) is 1. The van der Waals surface area contributed by atoms with E-state index in [1.165, 1.54) is 0 Å². The summed E-state index contributed by atoms with van der Waals surface area (Å²) in [6.45, 7) is 4.83. The van der Waals surface area contributed by atoms with E-state index in [0.717, 1.165) is 29.4 Å². The smallest absolute Gasteiger partial charge is 0.225 e. The summed E-state index contributed by atoms with van der Waals surface area (Å²) < 4.78 is 0. The molecule has 0 spiro atoms. The zero-order valence-electron chi connectivity index (χ0n) is 16.0. The van der Waals surface area contributed by atoms with Crippen LogP contribution in [0.1, 0.15) is 24.8 Å². The predicted molar refractivity (Wildman–Crippen MR) is 112 cm³/mol. The molecule has 1 aromatic carbocycles. The number of anilines is 2. The third-order valence-electron chi connectivity index (χ3n) is 4.87. The van der Waals surface area contributed by atoms with Gasteiger partial charge in [0.25, 0.3) is 0 Å².